The number of hydrogen-bond acceptors (Lipinski definition) is 4. The molecule has 1 saturated heterocycles. The molecule has 1 N–H and O–H groups in total. The smallest absolute Gasteiger partial charge is 0.322 e. The maximum atomic E-state index is 13.7. The van der Waals surface area contributed by atoms with Gasteiger partial charge in [-0.2, -0.15) is 9.57 Å². The minimum atomic E-state index is -3.79. The van der Waals surface area contributed by atoms with E-state index in [4.69, 9.17) is 5.26 Å². The van der Waals surface area contributed by atoms with E-state index < -0.39 is 33.7 Å². The molecule has 29 heavy (non-hydrogen) atoms. The summed E-state index contributed by atoms with van der Waals surface area (Å²) in [6.07, 6.45) is 0. The predicted molar refractivity (Wildman–Crippen MR) is 101 cm³/mol. The first kappa shape index (κ1) is 20.7. The highest BCUT2D eigenvalue weighted by Gasteiger charge is 2.35. The Hall–Kier alpha value is -3.03. The Balaban J connectivity index is 1.69. The lowest BCUT2D eigenvalue weighted by Crippen LogP contribution is -2.56. The van der Waals surface area contributed by atoms with Crippen LogP contribution in [0.3, 0.4) is 0 Å². The minimum absolute atomic E-state index is 0.0584. The third-order valence-corrected chi connectivity index (χ3v) is 6.64. The Morgan fingerprint density at radius 3 is 2.45 bits per heavy atom. The van der Waals surface area contributed by atoms with Gasteiger partial charge in [-0.25, -0.2) is 22.0 Å². The van der Waals surface area contributed by atoms with Gasteiger partial charge in [0.05, 0.1) is 22.2 Å². The van der Waals surface area contributed by atoms with Crippen molar-refractivity contribution in [1.29, 1.82) is 5.26 Å². The molecule has 1 atom stereocenters. The topological polar surface area (TPSA) is 93.5 Å². The van der Waals surface area contributed by atoms with Gasteiger partial charge in [-0.05, 0) is 43.3 Å². The van der Waals surface area contributed by atoms with E-state index in [0.29, 0.717) is 11.6 Å². The molecule has 152 valence electrons. The van der Waals surface area contributed by atoms with Crippen LogP contribution in [0.1, 0.15) is 12.5 Å². The van der Waals surface area contributed by atoms with E-state index in [0.717, 1.165) is 12.1 Å². The first-order valence-corrected chi connectivity index (χ1v) is 10.2. The molecule has 3 rings (SSSR count). The number of piperazine rings is 1. The maximum absolute atomic E-state index is 13.7. The summed E-state index contributed by atoms with van der Waals surface area (Å²) in [5.41, 5.74) is 0.197. The lowest BCUT2D eigenvalue weighted by Gasteiger charge is -2.38. The summed E-state index contributed by atoms with van der Waals surface area (Å²) in [6, 6.07) is 9.24. The van der Waals surface area contributed by atoms with Crippen LogP contribution in [0.5, 0.6) is 0 Å². The molecule has 1 unspecified atom stereocenters. The van der Waals surface area contributed by atoms with Gasteiger partial charge in [-0.1, -0.05) is 0 Å². The van der Waals surface area contributed by atoms with Crippen LogP contribution in [0.25, 0.3) is 0 Å². The summed E-state index contributed by atoms with van der Waals surface area (Å²) in [6.45, 7) is 1.93. The van der Waals surface area contributed by atoms with Crippen LogP contribution in [-0.2, 0) is 10.0 Å². The van der Waals surface area contributed by atoms with Crippen molar-refractivity contribution in [1.82, 2.24) is 9.21 Å². The van der Waals surface area contributed by atoms with Crippen molar-refractivity contribution in [3.05, 3.63) is 59.7 Å². The minimum Gasteiger partial charge on any atom is -0.322 e. The zero-order valence-corrected chi connectivity index (χ0v) is 16.3. The van der Waals surface area contributed by atoms with Gasteiger partial charge in [0, 0.05) is 31.7 Å². The second-order valence-corrected chi connectivity index (χ2v) is 8.49. The van der Waals surface area contributed by atoms with Crippen LogP contribution in [0.15, 0.2) is 47.4 Å². The molecular formula is C19H18F2N4O3S. The second-order valence-electron chi connectivity index (χ2n) is 6.60. The van der Waals surface area contributed by atoms with Crippen molar-refractivity contribution in [2.24, 2.45) is 0 Å². The highest BCUT2D eigenvalue weighted by molar-refractivity contribution is 7.89. The number of amides is 2. The Labute approximate surface area is 167 Å². The largest absolute Gasteiger partial charge is 0.322 e. The van der Waals surface area contributed by atoms with Gasteiger partial charge in [-0.15, -0.1) is 0 Å². The Kier molecular flexibility index (Phi) is 5.81. The van der Waals surface area contributed by atoms with Gasteiger partial charge >= 0.3 is 6.03 Å². The summed E-state index contributed by atoms with van der Waals surface area (Å²) < 4.78 is 53.8. The van der Waals surface area contributed by atoms with Gasteiger partial charge in [0.25, 0.3) is 0 Å². The summed E-state index contributed by atoms with van der Waals surface area (Å²) in [5.74, 6) is -1.65. The van der Waals surface area contributed by atoms with Crippen LogP contribution in [0, 0.1) is 23.0 Å². The molecule has 0 aromatic heterocycles. The highest BCUT2D eigenvalue weighted by Crippen LogP contribution is 2.23. The summed E-state index contributed by atoms with van der Waals surface area (Å²) in [7, 11) is -3.79. The molecule has 0 spiro atoms. The van der Waals surface area contributed by atoms with Crippen molar-refractivity contribution in [2.75, 3.05) is 25.0 Å². The monoisotopic (exact) mass is 420 g/mol. The van der Waals surface area contributed by atoms with E-state index >= 15 is 0 Å². The number of rotatable bonds is 3. The molecule has 1 heterocycles. The lowest BCUT2D eigenvalue weighted by atomic mass is 10.2. The highest BCUT2D eigenvalue weighted by atomic mass is 32.2. The number of nitrogens with one attached hydrogen (secondary N) is 1. The first-order valence-electron chi connectivity index (χ1n) is 8.75. The van der Waals surface area contributed by atoms with E-state index in [1.807, 2.05) is 6.07 Å². The van der Waals surface area contributed by atoms with Crippen LogP contribution < -0.4 is 5.32 Å². The molecule has 1 fully saturated rings. The fraction of sp³-hybridized carbons (Fsp3) is 0.263. The van der Waals surface area contributed by atoms with E-state index in [-0.39, 0.29) is 30.2 Å². The van der Waals surface area contributed by atoms with Gasteiger partial charge in [0.1, 0.15) is 11.6 Å². The van der Waals surface area contributed by atoms with Crippen LogP contribution >= 0.6 is 0 Å². The zero-order valence-electron chi connectivity index (χ0n) is 15.5. The summed E-state index contributed by atoms with van der Waals surface area (Å²) >= 11 is 0. The molecule has 0 bridgehead atoms. The second kappa shape index (κ2) is 8.14. The number of benzene rings is 2. The molecule has 0 radical (unpaired) electrons. The van der Waals surface area contributed by atoms with Crippen molar-refractivity contribution in [3.63, 3.8) is 0 Å². The quantitative estimate of drug-likeness (QED) is 0.826. The van der Waals surface area contributed by atoms with Crippen LogP contribution in [0.2, 0.25) is 0 Å². The number of nitriles is 1. The van der Waals surface area contributed by atoms with Crippen molar-refractivity contribution < 1.29 is 22.0 Å². The molecule has 0 saturated carbocycles. The van der Waals surface area contributed by atoms with E-state index in [2.05, 4.69) is 5.32 Å². The molecule has 2 aromatic carbocycles. The summed E-state index contributed by atoms with van der Waals surface area (Å²) in [4.78, 5) is 13.8. The summed E-state index contributed by atoms with van der Waals surface area (Å²) in [5, 5.41) is 11.2. The maximum Gasteiger partial charge on any atom is 0.322 e. The van der Waals surface area contributed by atoms with E-state index in [1.54, 1.807) is 6.92 Å². The molecule has 0 aliphatic carbocycles. The standard InChI is InChI=1S/C19H18F2N4O3S/c1-13-12-24(19(26)23-18-7-4-15(20)10-17(18)21)8-9-25(13)29(27,28)16-5-2-14(11-22)3-6-16/h2-7,10,13H,8-9,12H2,1H3,(H,23,26). The number of anilines is 1. The fourth-order valence-corrected chi connectivity index (χ4v) is 4.72. The Morgan fingerprint density at radius 2 is 1.86 bits per heavy atom. The molecule has 1 aliphatic rings. The SMILES string of the molecule is CC1CN(C(=O)Nc2ccc(F)cc2F)CCN1S(=O)(=O)c1ccc(C#N)cc1. The number of urea groups is 1. The molecule has 7 nitrogen and oxygen atoms in total. The third-order valence-electron chi connectivity index (χ3n) is 4.62. The molecule has 2 aromatic rings. The number of carbonyl (C=O) groups is 1. The number of hydrogen-bond donors (Lipinski definition) is 1. The average molecular weight is 420 g/mol. The van der Waals surface area contributed by atoms with Crippen molar-refractivity contribution >= 4 is 21.7 Å². The molecule has 10 heteroatoms. The lowest BCUT2D eigenvalue weighted by molar-refractivity contribution is 0.157. The zero-order chi connectivity index (χ0) is 21.2. The normalized spacial score (nSPS) is 17.6. The number of halogens is 2. The van der Waals surface area contributed by atoms with Crippen LogP contribution in [0.4, 0.5) is 19.3 Å². The van der Waals surface area contributed by atoms with Crippen molar-refractivity contribution in [2.45, 2.75) is 17.9 Å². The molecule has 1 aliphatic heterocycles. The van der Waals surface area contributed by atoms with Gasteiger partial charge < -0.3 is 10.2 Å². The first-order chi connectivity index (χ1) is 13.7. The van der Waals surface area contributed by atoms with Gasteiger partial charge in [0.15, 0.2) is 0 Å². The average Bonchev–Trinajstić information content (AvgIpc) is 2.69. The number of carbonyl (C=O) groups excluding carboxylic acids is 1. The van der Waals surface area contributed by atoms with Crippen molar-refractivity contribution in [3.8, 4) is 6.07 Å². The van der Waals surface area contributed by atoms with Crippen LogP contribution in [-0.4, -0.2) is 49.3 Å². The number of nitrogens with zero attached hydrogens (tertiary/aromatic N) is 3. The predicted octanol–water partition coefficient (Wildman–Crippen LogP) is 2.76. The third kappa shape index (κ3) is 4.36. The van der Waals surface area contributed by atoms with E-state index in [9.17, 15) is 22.0 Å². The Bertz CT molecular complexity index is 1070. The van der Waals surface area contributed by atoms with Gasteiger partial charge in [-0.3, -0.25) is 0 Å². The molecule has 2 amide bonds. The van der Waals surface area contributed by atoms with E-state index in [1.165, 1.54) is 33.5 Å². The van der Waals surface area contributed by atoms with Gasteiger partial charge in [0.2, 0.25) is 10.0 Å². The number of sulfonamides is 1. The Morgan fingerprint density at radius 1 is 1.17 bits per heavy atom. The fourth-order valence-electron chi connectivity index (χ4n) is 3.10. The molecular weight excluding hydrogens is 402 g/mol.